The zero-order valence-corrected chi connectivity index (χ0v) is 14.7. The van der Waals surface area contributed by atoms with Crippen molar-refractivity contribution in [3.05, 3.63) is 11.5 Å². The molecule has 2 aliphatic heterocycles. The fraction of sp³-hybridized carbons (Fsp3) is 0.857. The molecular weight excluding hydrogens is 289 g/mol. The molecule has 1 saturated heterocycles. The van der Waals surface area contributed by atoms with E-state index in [4.69, 9.17) is 9.31 Å². The van der Waals surface area contributed by atoms with E-state index in [2.05, 4.69) is 6.08 Å². The first-order valence-electron chi connectivity index (χ1n) is 7.51. The molecule has 0 atom stereocenters. The molecule has 5 nitrogen and oxygen atoms in total. The second-order valence-electron chi connectivity index (χ2n) is 7.08. The van der Waals surface area contributed by atoms with Gasteiger partial charge < -0.3 is 9.31 Å². The van der Waals surface area contributed by atoms with E-state index >= 15 is 0 Å². The zero-order valence-electron chi connectivity index (χ0n) is 13.8. The van der Waals surface area contributed by atoms with Crippen molar-refractivity contribution in [3.8, 4) is 0 Å². The molecule has 0 unspecified atom stereocenters. The molecule has 0 aromatic rings. The first kappa shape index (κ1) is 17.0. The van der Waals surface area contributed by atoms with E-state index < -0.39 is 33.6 Å². The maximum atomic E-state index is 12.3. The Labute approximate surface area is 128 Å². The zero-order chi connectivity index (χ0) is 16.1. The average Bonchev–Trinajstić information content (AvgIpc) is 2.58. The Bertz CT molecular complexity index is 523. The van der Waals surface area contributed by atoms with Crippen LogP contribution in [-0.2, 0) is 19.3 Å². The first-order chi connectivity index (χ1) is 9.47. The van der Waals surface area contributed by atoms with Crippen molar-refractivity contribution in [2.45, 2.75) is 64.4 Å². The van der Waals surface area contributed by atoms with E-state index in [0.29, 0.717) is 19.5 Å². The van der Waals surface area contributed by atoms with Gasteiger partial charge in [-0.2, -0.15) is 4.31 Å². The van der Waals surface area contributed by atoms with Gasteiger partial charge in [-0.15, -0.1) is 0 Å². The van der Waals surface area contributed by atoms with Crippen LogP contribution in [0.3, 0.4) is 0 Å². The highest BCUT2D eigenvalue weighted by atomic mass is 32.2. The number of nitrogens with zero attached hydrogens (tertiary/aromatic N) is 1. The molecule has 0 amide bonds. The second kappa shape index (κ2) is 5.37. The summed E-state index contributed by atoms with van der Waals surface area (Å²) < 4.78 is 38.2. The van der Waals surface area contributed by atoms with Crippen LogP contribution in [0.15, 0.2) is 11.5 Å². The quantitative estimate of drug-likeness (QED) is 0.748. The van der Waals surface area contributed by atoms with Crippen LogP contribution in [0.2, 0.25) is 0 Å². The molecule has 0 N–H and O–H groups in total. The summed E-state index contributed by atoms with van der Waals surface area (Å²) in [7, 11) is -3.70. The van der Waals surface area contributed by atoms with Crippen molar-refractivity contribution in [1.82, 2.24) is 4.31 Å². The predicted octanol–water partition coefficient (Wildman–Crippen LogP) is 1.99. The molecule has 0 aromatic heterocycles. The van der Waals surface area contributed by atoms with Crippen molar-refractivity contribution >= 4 is 17.1 Å². The first-order valence-corrected chi connectivity index (χ1v) is 9.01. The molecule has 2 heterocycles. The lowest BCUT2D eigenvalue weighted by Crippen LogP contribution is -2.43. The smallest absolute Gasteiger partial charge is 0.400 e. The van der Waals surface area contributed by atoms with Gasteiger partial charge in [0.05, 0.1) is 16.5 Å². The third-order valence-corrected chi connectivity index (χ3v) is 6.88. The second-order valence-corrected chi connectivity index (χ2v) is 9.57. The Morgan fingerprint density at radius 2 is 1.71 bits per heavy atom. The van der Waals surface area contributed by atoms with Crippen LogP contribution in [0.5, 0.6) is 0 Å². The van der Waals surface area contributed by atoms with Gasteiger partial charge in [-0.25, -0.2) is 8.42 Å². The Morgan fingerprint density at radius 1 is 1.19 bits per heavy atom. The van der Waals surface area contributed by atoms with Gasteiger partial charge in [-0.3, -0.25) is 0 Å². The van der Waals surface area contributed by atoms with Gasteiger partial charge in [-0.05, 0) is 53.4 Å². The van der Waals surface area contributed by atoms with Crippen molar-refractivity contribution in [1.29, 1.82) is 0 Å². The molecule has 0 bridgehead atoms. The van der Waals surface area contributed by atoms with E-state index in [1.165, 1.54) is 4.31 Å². The molecule has 21 heavy (non-hydrogen) atoms. The van der Waals surface area contributed by atoms with Crippen LogP contribution in [-0.4, -0.2) is 49.4 Å². The molecule has 0 radical (unpaired) electrons. The minimum absolute atomic E-state index is 0.358. The highest BCUT2D eigenvalue weighted by Crippen LogP contribution is 2.39. The van der Waals surface area contributed by atoms with Crippen LogP contribution in [0.25, 0.3) is 0 Å². The van der Waals surface area contributed by atoms with E-state index in [9.17, 15) is 8.42 Å². The maximum Gasteiger partial charge on any atom is 0.491 e. The molecule has 0 spiro atoms. The highest BCUT2D eigenvalue weighted by Gasteiger charge is 2.52. The van der Waals surface area contributed by atoms with Gasteiger partial charge in [-0.1, -0.05) is 6.08 Å². The van der Waals surface area contributed by atoms with Crippen LogP contribution < -0.4 is 0 Å². The highest BCUT2D eigenvalue weighted by molar-refractivity contribution is 7.89. The van der Waals surface area contributed by atoms with E-state index in [-0.39, 0.29) is 0 Å². The van der Waals surface area contributed by atoms with Gasteiger partial charge in [0.25, 0.3) is 0 Å². The lowest BCUT2D eigenvalue weighted by molar-refractivity contribution is 0.00578. The Morgan fingerprint density at radius 3 is 2.19 bits per heavy atom. The topological polar surface area (TPSA) is 55.8 Å². The summed E-state index contributed by atoms with van der Waals surface area (Å²) in [5.74, 6) is 0. The number of rotatable bonds is 3. The number of sulfonamides is 1. The van der Waals surface area contributed by atoms with Crippen molar-refractivity contribution in [3.63, 3.8) is 0 Å². The van der Waals surface area contributed by atoms with Crippen LogP contribution in [0.4, 0.5) is 0 Å². The lowest BCUT2D eigenvalue weighted by Gasteiger charge is -2.32. The molecule has 1 fully saturated rings. The summed E-state index contributed by atoms with van der Waals surface area (Å²) in [6.45, 7) is 12.3. The fourth-order valence-corrected chi connectivity index (χ4v) is 3.71. The third kappa shape index (κ3) is 3.06. The van der Waals surface area contributed by atoms with Crippen LogP contribution >= 0.6 is 0 Å². The predicted molar refractivity (Wildman–Crippen MR) is 84.4 cm³/mol. The molecule has 7 heteroatoms. The summed E-state index contributed by atoms with van der Waals surface area (Å²) >= 11 is 0. The summed E-state index contributed by atoms with van der Waals surface area (Å²) in [5.41, 5.74) is 0.0965. The lowest BCUT2D eigenvalue weighted by atomic mass is 9.76. The largest absolute Gasteiger partial charge is 0.491 e. The molecule has 2 aliphatic rings. The third-order valence-electron chi connectivity index (χ3n) is 4.66. The summed E-state index contributed by atoms with van der Waals surface area (Å²) in [6.07, 6.45) is 2.75. The Balaban J connectivity index is 2.15. The van der Waals surface area contributed by atoms with E-state index in [1.807, 2.05) is 27.7 Å². The van der Waals surface area contributed by atoms with Gasteiger partial charge in [0.15, 0.2) is 0 Å². The number of hydrogen-bond donors (Lipinski definition) is 0. The van der Waals surface area contributed by atoms with Crippen LogP contribution in [0.1, 0.15) is 48.0 Å². The molecule has 0 saturated carbocycles. The standard InChI is InChI=1S/C14H26BNO4S/c1-11(2)21(17,18)16-9-7-8-12(10-16)15-19-13(3,4)14(5,6)20-15/h8,11H,7,9-10H2,1-6H3. The normalized spacial score (nSPS) is 26.2. The molecule has 2 rings (SSSR count). The van der Waals surface area contributed by atoms with Crippen LogP contribution in [0, 0.1) is 0 Å². The van der Waals surface area contributed by atoms with E-state index in [1.54, 1.807) is 13.8 Å². The molecule has 0 aromatic carbocycles. The minimum atomic E-state index is -3.24. The van der Waals surface area contributed by atoms with E-state index in [0.717, 1.165) is 5.47 Å². The fourth-order valence-electron chi connectivity index (χ4n) is 2.42. The van der Waals surface area contributed by atoms with Gasteiger partial charge in [0.2, 0.25) is 10.0 Å². The Hall–Kier alpha value is -0.365. The average molecular weight is 315 g/mol. The summed E-state index contributed by atoms with van der Waals surface area (Å²) in [6, 6.07) is 0. The Kier molecular flexibility index (Phi) is 4.35. The van der Waals surface area contributed by atoms with Crippen molar-refractivity contribution < 1.29 is 17.7 Å². The van der Waals surface area contributed by atoms with Gasteiger partial charge in [0, 0.05) is 13.1 Å². The van der Waals surface area contributed by atoms with Crippen molar-refractivity contribution in [2.24, 2.45) is 0 Å². The van der Waals surface area contributed by atoms with Gasteiger partial charge >= 0.3 is 7.12 Å². The number of hydrogen-bond acceptors (Lipinski definition) is 4. The monoisotopic (exact) mass is 315 g/mol. The summed E-state index contributed by atoms with van der Waals surface area (Å²) in [5, 5.41) is -0.407. The maximum absolute atomic E-state index is 12.3. The molecule has 120 valence electrons. The minimum Gasteiger partial charge on any atom is -0.400 e. The van der Waals surface area contributed by atoms with Crippen molar-refractivity contribution in [2.75, 3.05) is 13.1 Å². The molecule has 0 aliphatic carbocycles. The van der Waals surface area contributed by atoms with Gasteiger partial charge in [0.1, 0.15) is 0 Å². The summed E-state index contributed by atoms with van der Waals surface area (Å²) in [4.78, 5) is 0. The SMILES string of the molecule is CC(C)S(=O)(=O)N1CCC=C(B2OC(C)(C)C(C)(C)O2)C1. The molecular formula is C14H26BNO4S.